The van der Waals surface area contributed by atoms with Crippen molar-refractivity contribution in [1.29, 1.82) is 0 Å². The van der Waals surface area contributed by atoms with Crippen LogP contribution in [0.5, 0.6) is 0 Å². The van der Waals surface area contributed by atoms with Gasteiger partial charge in [-0.15, -0.1) is 0 Å². The van der Waals surface area contributed by atoms with E-state index >= 15 is 0 Å². The van der Waals surface area contributed by atoms with Crippen LogP contribution in [-0.4, -0.2) is 36.1 Å². The van der Waals surface area contributed by atoms with Crippen molar-refractivity contribution in [2.24, 2.45) is 5.73 Å². The third-order valence-corrected chi connectivity index (χ3v) is 4.81. The summed E-state index contributed by atoms with van der Waals surface area (Å²) in [6.45, 7) is 4.36. The van der Waals surface area contributed by atoms with Crippen LogP contribution in [-0.2, 0) is 6.54 Å². The minimum absolute atomic E-state index is 0.524. The van der Waals surface area contributed by atoms with Crippen LogP contribution in [0.25, 0.3) is 0 Å². The van der Waals surface area contributed by atoms with Crippen molar-refractivity contribution >= 4 is 23.0 Å². The number of rotatable bonds is 5. The zero-order valence-corrected chi connectivity index (χ0v) is 15.3. The highest BCUT2D eigenvalue weighted by Gasteiger charge is 2.18. The Morgan fingerprint density at radius 3 is 2.41 bits per heavy atom. The molecule has 1 saturated heterocycles. The van der Waals surface area contributed by atoms with E-state index in [1.807, 2.05) is 30.3 Å². The lowest BCUT2D eigenvalue weighted by Crippen LogP contribution is -2.46. The number of nitrogens with zero attached hydrogens (tertiary/aromatic N) is 4. The number of benzene rings is 2. The summed E-state index contributed by atoms with van der Waals surface area (Å²) in [4.78, 5) is 13.5. The number of hydrogen-bond acceptors (Lipinski definition) is 6. The van der Waals surface area contributed by atoms with E-state index in [-0.39, 0.29) is 0 Å². The lowest BCUT2D eigenvalue weighted by Gasteiger charge is -2.36. The van der Waals surface area contributed by atoms with Gasteiger partial charge in [0.2, 0.25) is 0 Å². The van der Waals surface area contributed by atoms with Gasteiger partial charge in [0.05, 0.1) is 0 Å². The lowest BCUT2D eigenvalue weighted by molar-refractivity contribution is 0.647. The van der Waals surface area contributed by atoms with E-state index in [4.69, 9.17) is 5.73 Å². The summed E-state index contributed by atoms with van der Waals surface area (Å²) in [5, 5.41) is 3.35. The first-order valence-electron chi connectivity index (χ1n) is 9.25. The van der Waals surface area contributed by atoms with Crippen LogP contribution < -0.4 is 20.9 Å². The number of piperazine rings is 1. The third kappa shape index (κ3) is 4.17. The molecule has 1 aliphatic rings. The van der Waals surface area contributed by atoms with Gasteiger partial charge in [0.1, 0.15) is 18.0 Å². The summed E-state index contributed by atoms with van der Waals surface area (Å²) in [6.07, 6.45) is 1.62. The van der Waals surface area contributed by atoms with E-state index in [0.717, 1.165) is 49.1 Å². The topological polar surface area (TPSA) is 70.3 Å². The van der Waals surface area contributed by atoms with E-state index in [2.05, 4.69) is 55.4 Å². The molecule has 6 heteroatoms. The molecule has 1 aromatic heterocycles. The Bertz CT molecular complexity index is 875. The molecule has 2 heterocycles. The van der Waals surface area contributed by atoms with Crippen molar-refractivity contribution in [3.63, 3.8) is 0 Å². The highest BCUT2D eigenvalue weighted by atomic mass is 15.3. The van der Waals surface area contributed by atoms with Gasteiger partial charge in [-0.3, -0.25) is 0 Å². The maximum absolute atomic E-state index is 5.72. The highest BCUT2D eigenvalue weighted by molar-refractivity contribution is 5.60. The summed E-state index contributed by atoms with van der Waals surface area (Å²) in [6, 6.07) is 20.6. The van der Waals surface area contributed by atoms with Gasteiger partial charge in [-0.2, -0.15) is 0 Å². The largest absolute Gasteiger partial charge is 0.368 e. The van der Waals surface area contributed by atoms with Gasteiger partial charge in [-0.05, 0) is 29.8 Å². The van der Waals surface area contributed by atoms with Gasteiger partial charge in [-0.25, -0.2) is 9.97 Å². The first kappa shape index (κ1) is 17.3. The van der Waals surface area contributed by atoms with E-state index in [0.29, 0.717) is 6.54 Å². The quantitative estimate of drug-likeness (QED) is 0.729. The summed E-state index contributed by atoms with van der Waals surface area (Å²) in [5.41, 5.74) is 9.07. The molecule has 3 N–H and O–H groups in total. The number of nitrogens with one attached hydrogen (secondary N) is 1. The third-order valence-electron chi connectivity index (χ3n) is 4.81. The van der Waals surface area contributed by atoms with Crippen molar-refractivity contribution in [1.82, 2.24) is 9.97 Å². The molecule has 4 rings (SSSR count). The molecule has 0 radical (unpaired) electrons. The molecular formula is C21H24N6. The molecule has 0 unspecified atom stereocenters. The van der Waals surface area contributed by atoms with Crippen LogP contribution in [0.3, 0.4) is 0 Å². The smallest absolute Gasteiger partial charge is 0.135 e. The Kier molecular flexibility index (Phi) is 5.16. The van der Waals surface area contributed by atoms with Gasteiger partial charge in [0.15, 0.2) is 0 Å². The summed E-state index contributed by atoms with van der Waals surface area (Å²) < 4.78 is 0. The normalized spacial score (nSPS) is 14.3. The van der Waals surface area contributed by atoms with Crippen LogP contribution in [0, 0.1) is 0 Å². The molecule has 1 fully saturated rings. The molecule has 0 bridgehead atoms. The molecule has 0 spiro atoms. The Morgan fingerprint density at radius 2 is 1.63 bits per heavy atom. The average molecular weight is 360 g/mol. The Balaban J connectivity index is 1.42. The van der Waals surface area contributed by atoms with Gasteiger partial charge in [-0.1, -0.05) is 30.3 Å². The fourth-order valence-corrected chi connectivity index (χ4v) is 3.34. The zero-order valence-electron chi connectivity index (χ0n) is 15.3. The van der Waals surface area contributed by atoms with E-state index in [9.17, 15) is 0 Å². The second-order valence-electron chi connectivity index (χ2n) is 6.60. The molecule has 138 valence electrons. The van der Waals surface area contributed by atoms with Crippen molar-refractivity contribution < 1.29 is 0 Å². The standard InChI is InChI=1S/C21H24N6/c22-15-17-5-4-6-18(13-17)25-20-14-21(24-16-23-20)27-11-9-26(10-12-27)19-7-2-1-3-8-19/h1-8,13-14,16H,9-12,15,22H2,(H,23,24,25). The molecule has 0 amide bonds. The molecule has 27 heavy (non-hydrogen) atoms. The summed E-state index contributed by atoms with van der Waals surface area (Å²) >= 11 is 0. The van der Waals surface area contributed by atoms with Gasteiger partial charge in [0, 0.05) is 50.2 Å². The predicted molar refractivity (Wildman–Crippen MR) is 111 cm³/mol. The molecule has 6 nitrogen and oxygen atoms in total. The molecule has 3 aromatic rings. The van der Waals surface area contributed by atoms with Gasteiger partial charge < -0.3 is 20.9 Å². The number of para-hydroxylation sites is 1. The second kappa shape index (κ2) is 8.05. The predicted octanol–water partition coefficient (Wildman–Crippen LogP) is 3.01. The number of nitrogens with two attached hydrogens (primary N) is 1. The lowest BCUT2D eigenvalue weighted by atomic mass is 10.2. The molecule has 0 saturated carbocycles. The molecule has 1 aliphatic heterocycles. The summed E-state index contributed by atoms with van der Waals surface area (Å²) in [5.74, 6) is 1.75. The maximum Gasteiger partial charge on any atom is 0.135 e. The van der Waals surface area contributed by atoms with Crippen molar-refractivity contribution in [2.75, 3.05) is 41.3 Å². The number of hydrogen-bond donors (Lipinski definition) is 2. The molecular weight excluding hydrogens is 336 g/mol. The Labute approximate surface area is 159 Å². The molecule has 2 aromatic carbocycles. The highest BCUT2D eigenvalue weighted by Crippen LogP contribution is 2.22. The first-order valence-corrected chi connectivity index (χ1v) is 9.25. The van der Waals surface area contributed by atoms with Crippen molar-refractivity contribution in [2.45, 2.75) is 6.54 Å². The van der Waals surface area contributed by atoms with Crippen molar-refractivity contribution in [3.8, 4) is 0 Å². The van der Waals surface area contributed by atoms with E-state index < -0.39 is 0 Å². The van der Waals surface area contributed by atoms with Gasteiger partial charge in [0.25, 0.3) is 0 Å². The van der Waals surface area contributed by atoms with Crippen molar-refractivity contribution in [3.05, 3.63) is 72.6 Å². The Morgan fingerprint density at radius 1 is 0.852 bits per heavy atom. The van der Waals surface area contributed by atoms with Gasteiger partial charge >= 0.3 is 0 Å². The zero-order chi connectivity index (χ0) is 18.5. The minimum atomic E-state index is 0.524. The van der Waals surface area contributed by atoms with E-state index in [1.165, 1.54) is 5.69 Å². The first-order chi connectivity index (χ1) is 13.3. The molecule has 0 aliphatic carbocycles. The molecule has 0 atom stereocenters. The SMILES string of the molecule is NCc1cccc(Nc2cc(N3CCN(c4ccccc4)CC3)ncn2)c1. The van der Waals surface area contributed by atoms with Crippen LogP contribution in [0.2, 0.25) is 0 Å². The van der Waals surface area contributed by atoms with Crippen LogP contribution >= 0.6 is 0 Å². The summed E-state index contributed by atoms with van der Waals surface area (Å²) in [7, 11) is 0. The Hall–Kier alpha value is -3.12. The number of anilines is 4. The second-order valence-corrected chi connectivity index (χ2v) is 6.60. The maximum atomic E-state index is 5.72. The van der Waals surface area contributed by atoms with Crippen LogP contribution in [0.4, 0.5) is 23.0 Å². The monoisotopic (exact) mass is 360 g/mol. The van der Waals surface area contributed by atoms with Crippen LogP contribution in [0.15, 0.2) is 67.0 Å². The number of aromatic nitrogens is 2. The minimum Gasteiger partial charge on any atom is -0.368 e. The van der Waals surface area contributed by atoms with Crippen LogP contribution in [0.1, 0.15) is 5.56 Å². The fourth-order valence-electron chi connectivity index (χ4n) is 3.34. The average Bonchev–Trinajstić information content (AvgIpc) is 2.75. The van der Waals surface area contributed by atoms with E-state index in [1.54, 1.807) is 6.33 Å². The fraction of sp³-hybridized carbons (Fsp3) is 0.238.